The first-order valence-electron chi connectivity index (χ1n) is 10.1. The maximum atomic E-state index is 13.0. The van der Waals surface area contributed by atoms with Crippen LogP contribution in [-0.2, 0) is 6.54 Å². The number of imide groups is 1. The van der Waals surface area contributed by atoms with E-state index in [0.717, 1.165) is 11.3 Å². The molecule has 2 heterocycles. The molecule has 0 atom stereocenters. The smallest absolute Gasteiger partial charge is 0.261 e. The Morgan fingerprint density at radius 2 is 1.34 bits per heavy atom. The van der Waals surface area contributed by atoms with Gasteiger partial charge in [-0.1, -0.05) is 12.1 Å². The van der Waals surface area contributed by atoms with Crippen molar-refractivity contribution >= 4 is 11.8 Å². The SMILES string of the molecule is O=C1c2ccccc2C(=O)N1CCn1nccc1-c1ccc(Oc2ccc(F)cc2)cc1. The minimum absolute atomic E-state index is 0.229. The zero-order valence-electron chi connectivity index (χ0n) is 16.9. The molecular weight excluding hydrogens is 409 g/mol. The Morgan fingerprint density at radius 1 is 0.750 bits per heavy atom. The van der Waals surface area contributed by atoms with Crippen LogP contribution < -0.4 is 4.74 Å². The van der Waals surface area contributed by atoms with Gasteiger partial charge in [-0.05, 0) is 66.7 Å². The summed E-state index contributed by atoms with van der Waals surface area (Å²) in [6, 6.07) is 22.0. The van der Waals surface area contributed by atoms with Crippen molar-refractivity contribution < 1.29 is 18.7 Å². The van der Waals surface area contributed by atoms with E-state index in [2.05, 4.69) is 5.10 Å². The number of benzene rings is 3. The summed E-state index contributed by atoms with van der Waals surface area (Å²) in [4.78, 5) is 26.4. The summed E-state index contributed by atoms with van der Waals surface area (Å²) < 4.78 is 20.5. The molecule has 1 aromatic heterocycles. The fourth-order valence-electron chi connectivity index (χ4n) is 3.73. The summed E-state index contributed by atoms with van der Waals surface area (Å²) in [5.74, 6) is 0.299. The van der Waals surface area contributed by atoms with Crippen molar-refractivity contribution in [2.75, 3.05) is 6.54 Å². The van der Waals surface area contributed by atoms with Gasteiger partial charge in [0.25, 0.3) is 11.8 Å². The summed E-state index contributed by atoms with van der Waals surface area (Å²) in [6.07, 6.45) is 1.68. The molecule has 5 rings (SSSR count). The Hall–Kier alpha value is -4.26. The number of fused-ring (bicyclic) bond motifs is 1. The third-order valence-electron chi connectivity index (χ3n) is 5.33. The number of aromatic nitrogens is 2. The minimum Gasteiger partial charge on any atom is -0.457 e. The van der Waals surface area contributed by atoms with E-state index >= 15 is 0 Å². The second-order valence-corrected chi connectivity index (χ2v) is 7.33. The van der Waals surface area contributed by atoms with Crippen molar-refractivity contribution in [3.8, 4) is 22.8 Å². The Morgan fingerprint density at radius 3 is 1.97 bits per heavy atom. The highest BCUT2D eigenvalue weighted by molar-refractivity contribution is 6.21. The molecule has 2 amide bonds. The predicted molar refractivity (Wildman–Crippen MR) is 116 cm³/mol. The number of ether oxygens (including phenoxy) is 1. The highest BCUT2D eigenvalue weighted by atomic mass is 19.1. The van der Waals surface area contributed by atoms with Crippen LogP contribution in [0.2, 0.25) is 0 Å². The van der Waals surface area contributed by atoms with Crippen LogP contribution in [0.4, 0.5) is 4.39 Å². The van der Waals surface area contributed by atoms with E-state index in [1.165, 1.54) is 17.0 Å². The van der Waals surface area contributed by atoms with E-state index in [4.69, 9.17) is 4.74 Å². The molecule has 0 spiro atoms. The Balaban J connectivity index is 1.28. The van der Waals surface area contributed by atoms with Gasteiger partial charge in [0.2, 0.25) is 0 Å². The quantitative estimate of drug-likeness (QED) is 0.416. The zero-order valence-corrected chi connectivity index (χ0v) is 16.9. The van der Waals surface area contributed by atoms with Gasteiger partial charge in [-0.15, -0.1) is 0 Å². The molecular formula is C25H18FN3O3. The van der Waals surface area contributed by atoms with Crippen molar-refractivity contribution in [1.82, 2.24) is 14.7 Å². The second-order valence-electron chi connectivity index (χ2n) is 7.33. The number of nitrogens with zero attached hydrogens (tertiary/aromatic N) is 3. The van der Waals surface area contributed by atoms with Crippen LogP contribution in [0, 0.1) is 5.82 Å². The highest BCUT2D eigenvalue weighted by Gasteiger charge is 2.34. The average Bonchev–Trinajstić information content (AvgIpc) is 3.38. The van der Waals surface area contributed by atoms with Crippen molar-refractivity contribution in [3.05, 3.63) is 102 Å². The second kappa shape index (κ2) is 8.11. The molecule has 1 aliphatic rings. The molecule has 0 fully saturated rings. The summed E-state index contributed by atoms with van der Waals surface area (Å²) in [5.41, 5.74) is 2.65. The summed E-state index contributed by atoms with van der Waals surface area (Å²) >= 11 is 0. The van der Waals surface area contributed by atoms with Gasteiger partial charge in [0, 0.05) is 18.3 Å². The van der Waals surface area contributed by atoms with Gasteiger partial charge >= 0.3 is 0 Å². The molecule has 0 unspecified atom stereocenters. The van der Waals surface area contributed by atoms with E-state index in [-0.39, 0.29) is 24.2 Å². The first-order chi connectivity index (χ1) is 15.6. The number of hydrogen-bond acceptors (Lipinski definition) is 4. The molecule has 0 aliphatic carbocycles. The lowest BCUT2D eigenvalue weighted by Crippen LogP contribution is -2.33. The van der Waals surface area contributed by atoms with Crippen LogP contribution in [0.3, 0.4) is 0 Å². The molecule has 4 aromatic rings. The van der Waals surface area contributed by atoms with Crippen molar-refractivity contribution in [2.24, 2.45) is 0 Å². The van der Waals surface area contributed by atoms with Crippen LogP contribution in [0.25, 0.3) is 11.3 Å². The first-order valence-corrected chi connectivity index (χ1v) is 10.1. The predicted octanol–water partition coefficient (Wildman–Crippen LogP) is 4.78. The topological polar surface area (TPSA) is 64.4 Å². The van der Waals surface area contributed by atoms with Crippen LogP contribution in [0.5, 0.6) is 11.5 Å². The number of rotatable bonds is 6. The van der Waals surface area contributed by atoms with E-state index in [1.807, 2.05) is 30.3 Å². The van der Waals surface area contributed by atoms with Gasteiger partial charge in [-0.25, -0.2) is 4.39 Å². The van der Waals surface area contributed by atoms with Gasteiger partial charge in [0.05, 0.1) is 23.4 Å². The monoisotopic (exact) mass is 427 g/mol. The lowest BCUT2D eigenvalue weighted by molar-refractivity contribution is 0.0647. The average molecular weight is 427 g/mol. The number of carbonyl (C=O) groups excluding carboxylic acids is 2. The Bertz CT molecular complexity index is 1260. The molecule has 0 saturated heterocycles. The summed E-state index contributed by atoms with van der Waals surface area (Å²) in [6.45, 7) is 0.606. The third kappa shape index (κ3) is 3.65. The number of hydrogen-bond donors (Lipinski definition) is 0. The van der Waals surface area contributed by atoms with Crippen molar-refractivity contribution in [2.45, 2.75) is 6.54 Å². The lowest BCUT2D eigenvalue weighted by atomic mass is 10.1. The standard InChI is InChI=1S/C25H18FN3O3/c26-18-7-11-20(12-8-18)32-19-9-5-17(6-10-19)23-13-14-27-29(23)16-15-28-24(30)21-3-1-2-4-22(21)25(28)31/h1-14H,15-16H2. The molecule has 0 bridgehead atoms. The fourth-order valence-corrected chi connectivity index (χ4v) is 3.73. The molecule has 0 saturated carbocycles. The van der Waals surface area contributed by atoms with Gasteiger partial charge in [-0.2, -0.15) is 5.10 Å². The molecule has 0 radical (unpaired) electrons. The van der Waals surface area contributed by atoms with Gasteiger partial charge < -0.3 is 4.74 Å². The zero-order chi connectivity index (χ0) is 22.1. The molecule has 7 heteroatoms. The van der Waals surface area contributed by atoms with Crippen LogP contribution in [0.1, 0.15) is 20.7 Å². The maximum absolute atomic E-state index is 13.0. The van der Waals surface area contributed by atoms with Crippen molar-refractivity contribution in [1.29, 1.82) is 0 Å². The molecule has 0 N–H and O–H groups in total. The minimum atomic E-state index is -0.317. The lowest BCUT2D eigenvalue weighted by Gasteiger charge is -2.15. The molecule has 6 nitrogen and oxygen atoms in total. The highest BCUT2D eigenvalue weighted by Crippen LogP contribution is 2.27. The van der Waals surface area contributed by atoms with E-state index in [1.54, 1.807) is 47.3 Å². The number of amides is 2. The summed E-state index contributed by atoms with van der Waals surface area (Å²) in [7, 11) is 0. The Labute approximate surface area is 183 Å². The molecule has 32 heavy (non-hydrogen) atoms. The largest absolute Gasteiger partial charge is 0.457 e. The number of halogens is 1. The van der Waals surface area contributed by atoms with Gasteiger partial charge in [0.15, 0.2) is 0 Å². The van der Waals surface area contributed by atoms with Crippen LogP contribution in [0.15, 0.2) is 85.1 Å². The van der Waals surface area contributed by atoms with E-state index in [0.29, 0.717) is 29.2 Å². The normalized spacial score (nSPS) is 12.8. The summed E-state index contributed by atoms with van der Waals surface area (Å²) in [5, 5.41) is 4.35. The van der Waals surface area contributed by atoms with Gasteiger partial charge in [-0.3, -0.25) is 19.2 Å². The first kappa shape index (κ1) is 19.7. The molecule has 3 aromatic carbocycles. The van der Waals surface area contributed by atoms with Crippen molar-refractivity contribution in [3.63, 3.8) is 0 Å². The van der Waals surface area contributed by atoms with Crippen LogP contribution >= 0.6 is 0 Å². The molecule has 1 aliphatic heterocycles. The van der Waals surface area contributed by atoms with E-state index < -0.39 is 0 Å². The third-order valence-corrected chi connectivity index (χ3v) is 5.33. The number of carbonyl (C=O) groups is 2. The van der Waals surface area contributed by atoms with E-state index in [9.17, 15) is 14.0 Å². The molecule has 158 valence electrons. The maximum Gasteiger partial charge on any atom is 0.261 e. The van der Waals surface area contributed by atoms with Crippen LogP contribution in [-0.4, -0.2) is 33.0 Å². The Kier molecular flexibility index (Phi) is 4.99. The van der Waals surface area contributed by atoms with Gasteiger partial charge in [0.1, 0.15) is 17.3 Å². The fraction of sp³-hybridized carbons (Fsp3) is 0.0800.